The molecule has 40 heavy (non-hydrogen) atoms. The van der Waals surface area contributed by atoms with Crippen LogP contribution < -0.4 is 4.74 Å². The van der Waals surface area contributed by atoms with Crippen molar-refractivity contribution in [3.8, 4) is 28.7 Å². The molecule has 0 spiro atoms. The Morgan fingerprint density at radius 3 is 1.93 bits per heavy atom. The summed E-state index contributed by atoms with van der Waals surface area (Å²) in [6, 6.07) is 16.7. The predicted octanol–water partition coefficient (Wildman–Crippen LogP) is 9.26. The summed E-state index contributed by atoms with van der Waals surface area (Å²) < 4.78 is 131. The van der Waals surface area contributed by atoms with Gasteiger partial charge >= 0.3 is 12.3 Å². The van der Waals surface area contributed by atoms with E-state index in [1.807, 2.05) is 0 Å². The third-order valence-electron chi connectivity index (χ3n) is 6.00. The Morgan fingerprint density at radius 2 is 1.23 bits per heavy atom. The summed E-state index contributed by atoms with van der Waals surface area (Å²) in [5.41, 5.74) is -1.50. The molecule has 0 radical (unpaired) electrons. The molecule has 0 aliphatic rings. The third-order valence-corrected chi connectivity index (χ3v) is 6.00. The summed E-state index contributed by atoms with van der Waals surface area (Å²) in [4.78, 5) is 0. The first kappa shape index (κ1) is 26.9. The Kier molecular flexibility index (Phi) is 6.62. The molecule has 0 aromatic heterocycles. The monoisotopic (exact) mass is 560 g/mol. The zero-order valence-electron chi connectivity index (χ0n) is 19.8. The van der Waals surface area contributed by atoms with Crippen LogP contribution in [0.1, 0.15) is 11.1 Å². The molecule has 10 heteroatoms. The fourth-order valence-electron chi connectivity index (χ4n) is 4.23. The minimum absolute atomic E-state index is 0.0250. The molecule has 0 heterocycles. The average molecular weight is 560 g/mol. The van der Waals surface area contributed by atoms with Crippen molar-refractivity contribution in [3.63, 3.8) is 0 Å². The number of alkyl halides is 5. The molecule has 0 saturated carbocycles. The summed E-state index contributed by atoms with van der Waals surface area (Å²) in [6.45, 7) is 0. The Morgan fingerprint density at radius 1 is 0.600 bits per heavy atom. The number of benzene rings is 5. The fourth-order valence-corrected chi connectivity index (χ4v) is 4.23. The van der Waals surface area contributed by atoms with Gasteiger partial charge in [0, 0.05) is 16.7 Å². The third kappa shape index (κ3) is 5.15. The predicted molar refractivity (Wildman–Crippen MR) is 131 cm³/mol. The van der Waals surface area contributed by atoms with Crippen LogP contribution in [-0.4, -0.2) is 6.18 Å². The molecule has 0 aliphatic carbocycles. The van der Waals surface area contributed by atoms with Crippen molar-refractivity contribution in [2.24, 2.45) is 0 Å². The lowest BCUT2D eigenvalue weighted by Gasteiger charge is -2.21. The lowest BCUT2D eigenvalue weighted by atomic mass is 9.99. The molecular formula is C30H13F9O. The Bertz CT molecular complexity index is 1830. The van der Waals surface area contributed by atoms with Crippen molar-refractivity contribution >= 4 is 21.5 Å². The van der Waals surface area contributed by atoms with E-state index in [4.69, 9.17) is 0 Å². The van der Waals surface area contributed by atoms with E-state index in [9.17, 15) is 26.3 Å². The van der Waals surface area contributed by atoms with Crippen LogP contribution in [0.4, 0.5) is 39.5 Å². The van der Waals surface area contributed by atoms with E-state index in [1.54, 1.807) is 30.3 Å². The number of fused-ring (bicyclic) bond motifs is 2. The number of hydrogen-bond donors (Lipinski definition) is 0. The maximum Gasteiger partial charge on any atom is 0.458 e. The van der Waals surface area contributed by atoms with Crippen molar-refractivity contribution in [2.45, 2.75) is 12.3 Å². The average Bonchev–Trinajstić information content (AvgIpc) is 2.87. The van der Waals surface area contributed by atoms with Crippen molar-refractivity contribution < 1.29 is 44.3 Å². The first-order valence-electron chi connectivity index (χ1n) is 11.4. The summed E-state index contributed by atoms with van der Waals surface area (Å²) >= 11 is 0. The zero-order valence-corrected chi connectivity index (χ0v) is 19.8. The van der Waals surface area contributed by atoms with Gasteiger partial charge in [-0.05, 0) is 58.3 Å². The molecule has 5 aromatic rings. The van der Waals surface area contributed by atoms with Gasteiger partial charge in [0.05, 0.1) is 5.56 Å². The number of halogens is 9. The summed E-state index contributed by atoms with van der Waals surface area (Å²) in [6.07, 6.45) is -9.57. The summed E-state index contributed by atoms with van der Waals surface area (Å²) in [5, 5.41) is -1.08. The number of hydrogen-bond acceptors (Lipinski definition) is 1. The van der Waals surface area contributed by atoms with E-state index in [1.165, 1.54) is 24.1 Å². The first-order chi connectivity index (χ1) is 18.8. The van der Waals surface area contributed by atoms with Gasteiger partial charge in [0.1, 0.15) is 34.6 Å². The van der Waals surface area contributed by atoms with Gasteiger partial charge in [0.2, 0.25) is 0 Å². The highest BCUT2D eigenvalue weighted by Gasteiger charge is 2.42. The number of rotatable bonds is 4. The van der Waals surface area contributed by atoms with E-state index < -0.39 is 57.8 Å². The summed E-state index contributed by atoms with van der Waals surface area (Å²) in [7, 11) is 0. The van der Waals surface area contributed by atoms with Crippen LogP contribution in [0.25, 0.3) is 32.7 Å². The van der Waals surface area contributed by atoms with Gasteiger partial charge in [-0.1, -0.05) is 48.4 Å². The fraction of sp³-hybridized carbons (Fsp3) is 0.0667. The van der Waals surface area contributed by atoms with Gasteiger partial charge in [-0.15, -0.1) is 0 Å². The molecular weight excluding hydrogens is 547 g/mol. The van der Waals surface area contributed by atoms with Crippen LogP contribution in [0.5, 0.6) is 5.75 Å². The normalized spacial score (nSPS) is 11.9. The van der Waals surface area contributed by atoms with E-state index in [0.717, 1.165) is 35.7 Å². The quantitative estimate of drug-likeness (QED) is 0.157. The highest BCUT2D eigenvalue weighted by molar-refractivity contribution is 5.89. The van der Waals surface area contributed by atoms with Gasteiger partial charge in [-0.3, -0.25) is 0 Å². The van der Waals surface area contributed by atoms with Crippen LogP contribution >= 0.6 is 0 Å². The van der Waals surface area contributed by atoms with Gasteiger partial charge in [0.25, 0.3) is 0 Å². The van der Waals surface area contributed by atoms with E-state index in [-0.39, 0.29) is 16.2 Å². The number of ether oxygens (including phenoxy) is 1. The largest absolute Gasteiger partial charge is 0.458 e. The molecule has 5 rings (SSSR count). The van der Waals surface area contributed by atoms with Crippen LogP contribution in [-0.2, 0) is 6.11 Å². The molecule has 202 valence electrons. The van der Waals surface area contributed by atoms with Gasteiger partial charge in [-0.2, -0.15) is 22.0 Å². The lowest BCUT2D eigenvalue weighted by molar-refractivity contribution is -0.189. The zero-order chi connectivity index (χ0) is 28.8. The van der Waals surface area contributed by atoms with Gasteiger partial charge in [-0.25, -0.2) is 17.6 Å². The topological polar surface area (TPSA) is 9.23 Å². The van der Waals surface area contributed by atoms with Crippen LogP contribution in [0.3, 0.4) is 0 Å². The van der Waals surface area contributed by atoms with E-state index in [0.29, 0.717) is 11.6 Å². The Labute approximate surface area is 220 Å². The second kappa shape index (κ2) is 9.83. The Hall–Kier alpha value is -4.65. The highest BCUT2D eigenvalue weighted by Crippen LogP contribution is 2.39. The first-order valence-corrected chi connectivity index (χ1v) is 11.4. The standard InChI is InChI=1S/C30H13F9O/c31-24-14-19-13-20(7-9-21(19)27(33)23(24)10-11-29(35,36)37)40-30(38,39)26-25(32)15-18-12-17(6-8-22(18)28(26)34)16-4-2-1-3-5-16/h1-9,12-15H. The minimum Gasteiger partial charge on any atom is -0.429 e. The highest BCUT2D eigenvalue weighted by atomic mass is 19.4. The molecule has 1 nitrogen and oxygen atoms in total. The molecule has 0 amide bonds. The van der Waals surface area contributed by atoms with Crippen molar-refractivity contribution in [3.05, 3.63) is 113 Å². The van der Waals surface area contributed by atoms with Gasteiger partial charge < -0.3 is 4.74 Å². The molecule has 0 unspecified atom stereocenters. The van der Waals surface area contributed by atoms with Crippen LogP contribution in [0, 0.1) is 35.1 Å². The minimum atomic E-state index is -5.01. The molecule has 0 aliphatic heterocycles. The molecule has 0 fully saturated rings. The van der Waals surface area contributed by atoms with Gasteiger partial charge in [0.15, 0.2) is 0 Å². The molecule has 0 bridgehead atoms. The molecule has 0 atom stereocenters. The lowest BCUT2D eigenvalue weighted by Crippen LogP contribution is -2.25. The second-order valence-corrected chi connectivity index (χ2v) is 8.65. The van der Waals surface area contributed by atoms with Crippen LogP contribution in [0.15, 0.2) is 78.9 Å². The van der Waals surface area contributed by atoms with E-state index >= 15 is 13.2 Å². The smallest absolute Gasteiger partial charge is 0.429 e. The maximum atomic E-state index is 15.2. The van der Waals surface area contributed by atoms with Crippen LogP contribution in [0.2, 0.25) is 0 Å². The summed E-state index contributed by atoms with van der Waals surface area (Å²) in [5.74, 6) is -4.68. The Balaban J connectivity index is 1.51. The molecule has 5 aromatic carbocycles. The molecule has 0 saturated heterocycles. The maximum absolute atomic E-state index is 15.2. The van der Waals surface area contributed by atoms with E-state index in [2.05, 4.69) is 4.74 Å². The molecule has 0 N–H and O–H groups in total. The van der Waals surface area contributed by atoms with Crippen molar-refractivity contribution in [1.82, 2.24) is 0 Å². The van der Waals surface area contributed by atoms with Crippen molar-refractivity contribution in [2.75, 3.05) is 0 Å². The second-order valence-electron chi connectivity index (χ2n) is 8.65. The van der Waals surface area contributed by atoms with Crippen molar-refractivity contribution in [1.29, 1.82) is 0 Å². The SMILES string of the molecule is Fc1cc2cc(OC(F)(F)c3c(F)cc4cc(-c5ccccc5)ccc4c3F)ccc2c(F)c1C#CC(F)(F)F.